The number of anilines is 1. The van der Waals surface area contributed by atoms with E-state index < -0.39 is 10.0 Å². The van der Waals surface area contributed by atoms with Crippen LogP contribution in [-0.4, -0.2) is 71.9 Å². The zero-order chi connectivity index (χ0) is 23.0. The highest BCUT2D eigenvalue weighted by Gasteiger charge is 2.31. The fraction of sp³-hybridized carbons (Fsp3) is 0.500. The van der Waals surface area contributed by atoms with Crippen molar-refractivity contribution in [1.82, 2.24) is 19.0 Å². The molecule has 0 spiro atoms. The van der Waals surface area contributed by atoms with Crippen molar-refractivity contribution in [3.63, 3.8) is 0 Å². The monoisotopic (exact) mass is 459 g/mol. The van der Waals surface area contributed by atoms with E-state index in [0.29, 0.717) is 60.8 Å². The minimum Gasteiger partial charge on any atom is -0.310 e. The Morgan fingerprint density at radius 1 is 1.06 bits per heavy atom. The lowest BCUT2D eigenvalue weighted by Gasteiger charge is -2.33. The average molecular weight is 460 g/mol. The number of piperazine rings is 1. The number of hydrogen-bond donors (Lipinski definition) is 1. The van der Waals surface area contributed by atoms with Gasteiger partial charge in [0, 0.05) is 44.6 Å². The molecule has 1 aromatic heterocycles. The third kappa shape index (κ3) is 3.98. The van der Waals surface area contributed by atoms with Crippen molar-refractivity contribution < 1.29 is 18.0 Å². The van der Waals surface area contributed by atoms with E-state index in [4.69, 9.17) is 0 Å². The lowest BCUT2D eigenvalue weighted by atomic mass is 10.0. The topological polar surface area (TPSA) is 105 Å². The summed E-state index contributed by atoms with van der Waals surface area (Å²) in [4.78, 5) is 27.2. The van der Waals surface area contributed by atoms with Gasteiger partial charge in [-0.1, -0.05) is 26.0 Å². The molecule has 1 N–H and O–H groups in total. The van der Waals surface area contributed by atoms with E-state index in [1.54, 1.807) is 19.1 Å². The van der Waals surface area contributed by atoms with E-state index in [-0.39, 0.29) is 29.6 Å². The third-order valence-corrected chi connectivity index (χ3v) is 8.27. The normalized spacial score (nSPS) is 18.3. The van der Waals surface area contributed by atoms with E-state index in [0.717, 1.165) is 6.54 Å². The number of carbonyl (C=O) groups excluding carboxylic acids is 2. The van der Waals surface area contributed by atoms with Crippen LogP contribution in [0.25, 0.3) is 11.1 Å². The van der Waals surface area contributed by atoms with Crippen LogP contribution in [0.2, 0.25) is 0 Å². The molecule has 4 rings (SSSR count). The number of aromatic nitrogens is 2. The number of nitrogens with zero attached hydrogens (tertiary/aromatic N) is 4. The van der Waals surface area contributed by atoms with Crippen molar-refractivity contribution in [1.29, 1.82) is 0 Å². The molecule has 1 saturated heterocycles. The molecule has 0 unspecified atom stereocenters. The van der Waals surface area contributed by atoms with E-state index >= 15 is 0 Å². The van der Waals surface area contributed by atoms with Crippen LogP contribution in [0.4, 0.5) is 5.82 Å². The van der Waals surface area contributed by atoms with Crippen LogP contribution in [0, 0.1) is 6.92 Å². The van der Waals surface area contributed by atoms with Crippen LogP contribution >= 0.6 is 0 Å². The van der Waals surface area contributed by atoms with Crippen molar-refractivity contribution in [2.24, 2.45) is 0 Å². The minimum absolute atomic E-state index is 0.0837. The largest absolute Gasteiger partial charge is 0.310 e. The Morgan fingerprint density at radius 3 is 2.44 bits per heavy atom. The number of benzene rings is 1. The number of aryl methyl sites for hydroxylation is 2. The highest BCUT2D eigenvalue weighted by Crippen LogP contribution is 2.36. The standard InChI is InChI=1S/C22H29N5O4S/c1-4-17-21(22-23-19(28)8-9-20(29)27(22)24-17)16-7-6-15(3)18(14-16)32(30,31)26-12-10-25(5-2)11-13-26/h6-7,14H,4-5,8-13H2,1-3H3,(H,23,28). The Hall–Kier alpha value is -2.56. The van der Waals surface area contributed by atoms with Crippen LogP contribution < -0.4 is 5.32 Å². The number of fused-ring (bicyclic) bond motifs is 1. The van der Waals surface area contributed by atoms with Gasteiger partial charge in [0.15, 0.2) is 0 Å². The van der Waals surface area contributed by atoms with Crippen LogP contribution in [0.1, 0.15) is 42.7 Å². The molecule has 9 nitrogen and oxygen atoms in total. The molecule has 3 heterocycles. The number of hydrogen-bond acceptors (Lipinski definition) is 6. The van der Waals surface area contributed by atoms with Gasteiger partial charge >= 0.3 is 0 Å². The van der Waals surface area contributed by atoms with E-state index in [2.05, 4.69) is 22.2 Å². The molecule has 0 atom stereocenters. The number of amides is 1. The molecule has 2 aliphatic heterocycles. The van der Waals surface area contributed by atoms with Crippen LogP contribution in [-0.2, 0) is 21.2 Å². The van der Waals surface area contributed by atoms with Gasteiger partial charge in [0.05, 0.1) is 10.6 Å². The van der Waals surface area contributed by atoms with Crippen LogP contribution in [0.5, 0.6) is 0 Å². The van der Waals surface area contributed by atoms with E-state index in [1.165, 1.54) is 8.99 Å². The summed E-state index contributed by atoms with van der Waals surface area (Å²) in [5, 5.41) is 7.23. The molecule has 1 amide bonds. The number of likely N-dealkylation sites (N-methyl/N-ethyl adjacent to an activating group) is 1. The molecule has 2 aromatic rings. The van der Waals surface area contributed by atoms with E-state index in [9.17, 15) is 18.0 Å². The van der Waals surface area contributed by atoms with Gasteiger partial charge in [0.1, 0.15) is 5.82 Å². The second kappa shape index (κ2) is 8.76. The summed E-state index contributed by atoms with van der Waals surface area (Å²) in [5.41, 5.74) is 2.51. The van der Waals surface area contributed by atoms with Gasteiger partial charge in [-0.3, -0.25) is 9.59 Å². The van der Waals surface area contributed by atoms with Gasteiger partial charge in [-0.15, -0.1) is 0 Å². The molecule has 32 heavy (non-hydrogen) atoms. The first-order chi connectivity index (χ1) is 15.3. The molecular weight excluding hydrogens is 430 g/mol. The first-order valence-electron chi connectivity index (χ1n) is 11.0. The molecule has 0 bridgehead atoms. The molecule has 172 valence electrons. The maximum Gasteiger partial charge on any atom is 0.249 e. The number of rotatable bonds is 5. The highest BCUT2D eigenvalue weighted by atomic mass is 32.2. The molecular formula is C22H29N5O4S. The Bertz CT molecular complexity index is 1160. The number of sulfonamides is 1. The molecule has 0 radical (unpaired) electrons. The lowest BCUT2D eigenvalue weighted by molar-refractivity contribution is -0.116. The average Bonchev–Trinajstić information content (AvgIpc) is 3.09. The molecule has 2 aliphatic rings. The maximum atomic E-state index is 13.5. The first kappa shape index (κ1) is 22.6. The minimum atomic E-state index is -3.68. The summed E-state index contributed by atoms with van der Waals surface area (Å²) >= 11 is 0. The summed E-state index contributed by atoms with van der Waals surface area (Å²) in [5.74, 6) is -0.194. The smallest absolute Gasteiger partial charge is 0.249 e. The molecule has 10 heteroatoms. The van der Waals surface area contributed by atoms with Crippen molar-refractivity contribution in [3.8, 4) is 11.1 Å². The molecule has 0 aliphatic carbocycles. The second-order valence-electron chi connectivity index (χ2n) is 8.20. The summed E-state index contributed by atoms with van der Waals surface area (Å²) < 4.78 is 29.8. The van der Waals surface area contributed by atoms with Gasteiger partial charge in [-0.2, -0.15) is 14.1 Å². The van der Waals surface area contributed by atoms with Gasteiger partial charge < -0.3 is 10.2 Å². The molecule has 1 aromatic carbocycles. The second-order valence-corrected chi connectivity index (χ2v) is 10.1. The van der Waals surface area contributed by atoms with Crippen molar-refractivity contribution >= 4 is 27.7 Å². The van der Waals surface area contributed by atoms with Crippen molar-refractivity contribution in [2.75, 3.05) is 38.0 Å². The Kier molecular flexibility index (Phi) is 6.19. The van der Waals surface area contributed by atoms with Crippen LogP contribution in [0.15, 0.2) is 23.1 Å². The summed E-state index contributed by atoms with van der Waals surface area (Å²) in [7, 11) is -3.68. The fourth-order valence-electron chi connectivity index (χ4n) is 4.29. The number of carbonyl (C=O) groups is 2. The van der Waals surface area contributed by atoms with Crippen molar-refractivity contribution in [2.45, 2.75) is 44.9 Å². The quantitative estimate of drug-likeness (QED) is 0.734. The van der Waals surface area contributed by atoms with Gasteiger partial charge in [0.2, 0.25) is 21.8 Å². The summed E-state index contributed by atoms with van der Waals surface area (Å²) in [6, 6.07) is 5.24. The number of nitrogens with one attached hydrogen (secondary N) is 1. The SMILES string of the molecule is CCc1nn2c(c1-c1ccc(C)c(S(=O)(=O)N3CCN(CC)CC3)c1)NC(=O)CCC2=O. The predicted octanol–water partition coefficient (Wildman–Crippen LogP) is 2.12. The summed E-state index contributed by atoms with van der Waals surface area (Å²) in [6.45, 7) is 8.99. The third-order valence-electron chi connectivity index (χ3n) is 6.23. The Labute approximate surface area is 188 Å². The zero-order valence-corrected chi connectivity index (χ0v) is 19.5. The van der Waals surface area contributed by atoms with Gasteiger partial charge in [-0.05, 0) is 37.1 Å². The lowest BCUT2D eigenvalue weighted by Crippen LogP contribution is -2.48. The maximum absolute atomic E-state index is 13.5. The van der Waals surface area contributed by atoms with E-state index in [1.807, 2.05) is 13.0 Å². The van der Waals surface area contributed by atoms with Gasteiger partial charge in [-0.25, -0.2) is 8.42 Å². The predicted molar refractivity (Wildman–Crippen MR) is 121 cm³/mol. The first-order valence-corrected chi connectivity index (χ1v) is 12.5. The molecule has 0 saturated carbocycles. The van der Waals surface area contributed by atoms with Crippen molar-refractivity contribution in [3.05, 3.63) is 29.5 Å². The zero-order valence-electron chi connectivity index (χ0n) is 18.7. The Morgan fingerprint density at radius 2 is 1.78 bits per heavy atom. The van der Waals surface area contributed by atoms with Crippen LogP contribution in [0.3, 0.4) is 0 Å². The fourth-order valence-corrected chi connectivity index (χ4v) is 5.96. The summed E-state index contributed by atoms with van der Waals surface area (Å²) in [6.07, 6.45) is 0.716. The Balaban J connectivity index is 1.79. The molecule has 1 fully saturated rings. The van der Waals surface area contributed by atoms with Gasteiger partial charge in [0.25, 0.3) is 0 Å². The highest BCUT2D eigenvalue weighted by molar-refractivity contribution is 7.89.